The van der Waals surface area contributed by atoms with Gasteiger partial charge in [0.15, 0.2) is 12.4 Å². The molecule has 2 aromatic carbocycles. The largest absolute Gasteiger partial charge is 0.497 e. The number of methoxy groups -OCH3 is 1. The number of carbonyl (C=O) groups is 2. The zero-order chi connectivity index (χ0) is 19.5. The average molecular weight is 379 g/mol. The van der Waals surface area contributed by atoms with Gasteiger partial charge in [0.2, 0.25) is 5.78 Å². The molecule has 4 rings (SSSR count). The average Bonchev–Trinajstić information content (AvgIpc) is 3.36. The summed E-state index contributed by atoms with van der Waals surface area (Å²) in [6.45, 7) is 1.58. The minimum atomic E-state index is -0.175. The maximum absolute atomic E-state index is 12.6. The Bertz CT molecular complexity index is 926. The molecule has 0 N–H and O–H groups in total. The van der Waals surface area contributed by atoms with Gasteiger partial charge in [-0.25, -0.2) is 0 Å². The van der Waals surface area contributed by atoms with E-state index in [0.717, 1.165) is 37.2 Å². The number of allylic oxidation sites excluding steroid dienone is 1. The van der Waals surface area contributed by atoms with E-state index in [1.807, 2.05) is 29.2 Å². The number of hydrogen-bond acceptors (Lipinski definition) is 5. The van der Waals surface area contributed by atoms with Gasteiger partial charge in [0.25, 0.3) is 5.91 Å². The normalized spacial score (nSPS) is 16.8. The van der Waals surface area contributed by atoms with Gasteiger partial charge < -0.3 is 19.1 Å². The highest BCUT2D eigenvalue weighted by atomic mass is 16.5. The quantitative estimate of drug-likeness (QED) is 0.746. The first-order valence-electron chi connectivity index (χ1n) is 9.27. The number of likely N-dealkylation sites (tertiary alicyclic amines) is 1. The minimum absolute atomic E-state index is 0.0126. The maximum atomic E-state index is 12.6. The van der Waals surface area contributed by atoms with E-state index >= 15 is 0 Å². The zero-order valence-corrected chi connectivity index (χ0v) is 15.6. The third-order valence-corrected chi connectivity index (χ3v) is 4.88. The van der Waals surface area contributed by atoms with Crippen LogP contribution in [0.4, 0.5) is 0 Å². The smallest absolute Gasteiger partial charge is 0.260 e. The lowest BCUT2D eigenvalue weighted by atomic mass is 10.1. The van der Waals surface area contributed by atoms with E-state index in [2.05, 4.69) is 0 Å². The first-order chi connectivity index (χ1) is 13.6. The van der Waals surface area contributed by atoms with Gasteiger partial charge in [-0.1, -0.05) is 12.1 Å². The summed E-state index contributed by atoms with van der Waals surface area (Å²) in [6, 6.07) is 12.4. The van der Waals surface area contributed by atoms with Crippen LogP contribution in [-0.2, 0) is 4.79 Å². The van der Waals surface area contributed by atoms with E-state index < -0.39 is 0 Å². The Morgan fingerprint density at radius 2 is 1.82 bits per heavy atom. The van der Waals surface area contributed by atoms with Crippen molar-refractivity contribution in [2.45, 2.75) is 12.8 Å². The topological polar surface area (TPSA) is 65.1 Å². The summed E-state index contributed by atoms with van der Waals surface area (Å²) in [7, 11) is 1.60. The van der Waals surface area contributed by atoms with Gasteiger partial charge in [0.1, 0.15) is 17.2 Å². The molecule has 144 valence electrons. The Morgan fingerprint density at radius 1 is 1.11 bits per heavy atom. The van der Waals surface area contributed by atoms with E-state index in [9.17, 15) is 9.59 Å². The molecule has 0 aromatic heterocycles. The predicted octanol–water partition coefficient (Wildman–Crippen LogP) is 3.31. The molecule has 1 amide bonds. The Labute approximate surface area is 163 Å². The summed E-state index contributed by atoms with van der Waals surface area (Å²) in [5.41, 5.74) is 1.32. The van der Waals surface area contributed by atoms with Crippen LogP contribution in [0.3, 0.4) is 0 Å². The molecule has 0 saturated carbocycles. The van der Waals surface area contributed by atoms with Crippen LogP contribution in [0.1, 0.15) is 28.8 Å². The molecule has 0 aliphatic carbocycles. The SMILES string of the molecule is COc1ccc(C=C2Oc3cc(OCC(=O)N4CCCC4)ccc3C2=O)cc1. The van der Waals surface area contributed by atoms with Gasteiger partial charge in [0.05, 0.1) is 12.7 Å². The molecular weight excluding hydrogens is 358 g/mol. The highest BCUT2D eigenvalue weighted by Crippen LogP contribution is 2.35. The van der Waals surface area contributed by atoms with E-state index in [1.165, 1.54) is 0 Å². The van der Waals surface area contributed by atoms with Crippen LogP contribution in [0, 0.1) is 0 Å². The zero-order valence-electron chi connectivity index (χ0n) is 15.6. The van der Waals surface area contributed by atoms with Crippen LogP contribution in [0.25, 0.3) is 6.08 Å². The summed E-state index contributed by atoms with van der Waals surface area (Å²) in [5.74, 6) is 1.75. The molecule has 6 nitrogen and oxygen atoms in total. The second-order valence-electron chi connectivity index (χ2n) is 6.75. The molecule has 1 saturated heterocycles. The molecule has 2 heterocycles. The summed E-state index contributed by atoms with van der Waals surface area (Å²) in [6.07, 6.45) is 3.78. The van der Waals surface area contributed by atoms with Crippen molar-refractivity contribution < 1.29 is 23.8 Å². The number of Topliss-reactive ketones (excluding diaryl/α,β-unsaturated/α-hetero) is 1. The Morgan fingerprint density at radius 3 is 2.54 bits per heavy atom. The number of ketones is 1. The molecule has 2 aliphatic rings. The molecule has 0 atom stereocenters. The third kappa shape index (κ3) is 3.71. The van der Waals surface area contributed by atoms with Crippen molar-refractivity contribution in [3.05, 3.63) is 59.4 Å². The molecule has 0 radical (unpaired) electrons. The van der Waals surface area contributed by atoms with Crippen LogP contribution in [0.15, 0.2) is 48.2 Å². The number of amides is 1. The second-order valence-corrected chi connectivity index (χ2v) is 6.75. The minimum Gasteiger partial charge on any atom is -0.497 e. The number of rotatable bonds is 5. The van der Waals surface area contributed by atoms with Gasteiger partial charge >= 0.3 is 0 Å². The van der Waals surface area contributed by atoms with Crippen LogP contribution >= 0.6 is 0 Å². The summed E-state index contributed by atoms with van der Waals surface area (Å²) in [5, 5.41) is 0. The van der Waals surface area contributed by atoms with Crippen LogP contribution in [0.5, 0.6) is 17.2 Å². The predicted molar refractivity (Wildman–Crippen MR) is 104 cm³/mol. The number of fused-ring (bicyclic) bond motifs is 1. The monoisotopic (exact) mass is 379 g/mol. The van der Waals surface area contributed by atoms with E-state index in [4.69, 9.17) is 14.2 Å². The molecule has 28 heavy (non-hydrogen) atoms. The lowest BCUT2D eigenvalue weighted by Gasteiger charge is -2.15. The van der Waals surface area contributed by atoms with Crippen LogP contribution in [-0.4, -0.2) is 43.4 Å². The van der Waals surface area contributed by atoms with Crippen molar-refractivity contribution in [3.63, 3.8) is 0 Å². The van der Waals surface area contributed by atoms with Crippen molar-refractivity contribution in [2.24, 2.45) is 0 Å². The summed E-state index contributed by atoms with van der Waals surface area (Å²) >= 11 is 0. The Hall–Kier alpha value is -3.28. The van der Waals surface area contributed by atoms with Crippen LogP contribution < -0.4 is 14.2 Å². The van der Waals surface area contributed by atoms with Crippen molar-refractivity contribution in [1.82, 2.24) is 4.90 Å². The van der Waals surface area contributed by atoms with Gasteiger partial charge in [0, 0.05) is 19.2 Å². The molecule has 0 bridgehead atoms. The number of carbonyl (C=O) groups excluding carboxylic acids is 2. The first kappa shape index (κ1) is 18.1. The fourth-order valence-corrected chi connectivity index (χ4v) is 3.31. The second kappa shape index (κ2) is 7.76. The van der Waals surface area contributed by atoms with Gasteiger partial charge in [-0.15, -0.1) is 0 Å². The van der Waals surface area contributed by atoms with Gasteiger partial charge in [-0.3, -0.25) is 9.59 Å². The van der Waals surface area contributed by atoms with Crippen molar-refractivity contribution in [2.75, 3.05) is 26.8 Å². The molecular formula is C22H21NO5. The maximum Gasteiger partial charge on any atom is 0.260 e. The number of nitrogens with zero attached hydrogens (tertiary/aromatic N) is 1. The van der Waals surface area contributed by atoms with Crippen molar-refractivity contribution in [3.8, 4) is 17.2 Å². The van der Waals surface area contributed by atoms with Gasteiger partial charge in [-0.2, -0.15) is 0 Å². The van der Waals surface area contributed by atoms with Crippen LogP contribution in [0.2, 0.25) is 0 Å². The number of benzene rings is 2. The highest BCUT2D eigenvalue weighted by Gasteiger charge is 2.28. The summed E-state index contributed by atoms with van der Waals surface area (Å²) in [4.78, 5) is 26.5. The summed E-state index contributed by atoms with van der Waals surface area (Å²) < 4.78 is 16.5. The molecule has 2 aromatic rings. The third-order valence-electron chi connectivity index (χ3n) is 4.88. The van der Waals surface area contributed by atoms with E-state index in [1.54, 1.807) is 31.4 Å². The highest BCUT2D eigenvalue weighted by molar-refractivity contribution is 6.14. The number of ether oxygens (including phenoxy) is 3. The van der Waals surface area contributed by atoms with Gasteiger partial charge in [-0.05, 0) is 48.7 Å². The molecule has 1 fully saturated rings. The lowest BCUT2D eigenvalue weighted by Crippen LogP contribution is -2.32. The fraction of sp³-hybridized carbons (Fsp3) is 0.273. The molecule has 0 spiro atoms. The molecule has 2 aliphatic heterocycles. The van der Waals surface area contributed by atoms with E-state index in [-0.39, 0.29) is 24.1 Å². The molecule has 6 heteroatoms. The first-order valence-corrected chi connectivity index (χ1v) is 9.27. The fourth-order valence-electron chi connectivity index (χ4n) is 3.31. The van der Waals surface area contributed by atoms with E-state index in [0.29, 0.717) is 17.1 Å². The Balaban J connectivity index is 1.44. The standard InChI is InChI=1S/C22H21NO5/c1-26-16-6-4-15(5-7-16)12-20-22(25)18-9-8-17(13-19(18)28-20)27-14-21(24)23-10-2-3-11-23/h4-9,12-13H,2-3,10-11,14H2,1H3. The van der Waals surface area contributed by atoms with Crippen molar-refractivity contribution in [1.29, 1.82) is 0 Å². The lowest BCUT2D eigenvalue weighted by molar-refractivity contribution is -0.132. The molecule has 0 unspecified atom stereocenters. The number of hydrogen-bond donors (Lipinski definition) is 0. The Kier molecular flexibility index (Phi) is 5.02. The van der Waals surface area contributed by atoms with Crippen molar-refractivity contribution >= 4 is 17.8 Å².